The Hall–Kier alpha value is -3.29. The van der Waals surface area contributed by atoms with E-state index in [4.69, 9.17) is 24.0 Å². The number of rotatable bonds is 6. The number of aliphatic hydroxyl groups excluding tert-OH is 1. The normalized spacial score (nSPS) is 18.4. The number of carbonyl (C=O) groups is 1. The van der Waals surface area contributed by atoms with E-state index >= 15 is 0 Å². The maximum atomic E-state index is 14.9. The third-order valence-electron chi connectivity index (χ3n) is 5.55. The highest BCUT2D eigenvalue weighted by atomic mass is 31.2. The van der Waals surface area contributed by atoms with Crippen LogP contribution in [0.5, 0.6) is 0 Å². The van der Waals surface area contributed by atoms with E-state index < -0.39 is 31.9 Å². The number of hydrogen-bond donors (Lipinski definition) is 4. The Morgan fingerprint density at radius 1 is 1.22 bits per heavy atom. The van der Waals surface area contributed by atoms with Crippen molar-refractivity contribution < 1.29 is 38.3 Å². The van der Waals surface area contributed by atoms with E-state index in [0.29, 0.717) is 40.8 Å². The second kappa shape index (κ2) is 10.4. The maximum absolute atomic E-state index is 14.9. The lowest BCUT2D eigenvalue weighted by molar-refractivity contribution is 0.0308. The molecule has 5 rings (SSSR count). The first-order valence-electron chi connectivity index (χ1n) is 11.0. The van der Waals surface area contributed by atoms with Crippen molar-refractivity contribution >= 4 is 19.6 Å². The summed E-state index contributed by atoms with van der Waals surface area (Å²) in [5.74, 6) is -0.0530. The summed E-state index contributed by atoms with van der Waals surface area (Å²) in [4.78, 5) is 41.0. The Bertz CT molecular complexity index is 1270. The van der Waals surface area contributed by atoms with Crippen LogP contribution in [0.2, 0.25) is 0 Å². The topological polar surface area (TPSA) is 184 Å². The van der Waals surface area contributed by atoms with Gasteiger partial charge in [0, 0.05) is 17.3 Å². The van der Waals surface area contributed by atoms with Crippen LogP contribution in [-0.2, 0) is 9.30 Å². The van der Waals surface area contributed by atoms with Gasteiger partial charge in [0.1, 0.15) is 17.6 Å². The Labute approximate surface area is 204 Å². The second-order valence-electron chi connectivity index (χ2n) is 8.28. The zero-order valence-electron chi connectivity index (χ0n) is 19.0. The van der Waals surface area contributed by atoms with E-state index in [1.807, 2.05) is 0 Å². The SMILES string of the molecule is CCC(O)C1CN(c2ccc(-c3ccc(-c4nnn(C5CC5)n4)nc3)c(F)c2)C(=O)O1.O=P(O)(O)O. The van der Waals surface area contributed by atoms with Gasteiger partial charge in [-0.3, -0.25) is 9.88 Å². The molecule has 2 aliphatic rings. The number of carbonyl (C=O) groups excluding carboxylic acids is 1. The molecule has 2 unspecified atom stereocenters. The summed E-state index contributed by atoms with van der Waals surface area (Å²) in [6, 6.07) is 8.34. The summed E-state index contributed by atoms with van der Waals surface area (Å²) in [6.45, 7) is 1.98. The predicted octanol–water partition coefficient (Wildman–Crippen LogP) is 2.04. The number of phosphoric acid groups is 1. The minimum absolute atomic E-state index is 0.178. The van der Waals surface area contributed by atoms with Gasteiger partial charge in [-0.25, -0.2) is 13.8 Å². The molecular weight excluding hydrogens is 498 g/mol. The van der Waals surface area contributed by atoms with Crippen LogP contribution in [0.25, 0.3) is 22.6 Å². The van der Waals surface area contributed by atoms with Crippen LogP contribution in [0, 0.1) is 5.82 Å². The monoisotopic (exact) mass is 522 g/mol. The van der Waals surface area contributed by atoms with Gasteiger partial charge in [0.2, 0.25) is 5.82 Å². The Kier molecular flexibility index (Phi) is 7.43. The zero-order chi connectivity index (χ0) is 26.0. The molecule has 0 radical (unpaired) electrons. The average Bonchev–Trinajstić information content (AvgIpc) is 3.42. The molecule has 0 bridgehead atoms. The highest BCUT2D eigenvalue weighted by Gasteiger charge is 2.36. The fourth-order valence-corrected chi connectivity index (χ4v) is 3.54. The third-order valence-corrected chi connectivity index (χ3v) is 5.55. The van der Waals surface area contributed by atoms with Crippen LogP contribution in [0.3, 0.4) is 0 Å². The Balaban J connectivity index is 0.000000556. The molecular formula is C21H24FN6O7P. The fourth-order valence-electron chi connectivity index (χ4n) is 3.54. The second-order valence-corrected chi connectivity index (χ2v) is 9.31. The van der Waals surface area contributed by atoms with Crippen LogP contribution >= 0.6 is 7.82 Å². The summed E-state index contributed by atoms with van der Waals surface area (Å²) in [5, 5.41) is 22.3. The number of tetrazole rings is 1. The van der Waals surface area contributed by atoms with Crippen LogP contribution in [0.15, 0.2) is 36.5 Å². The van der Waals surface area contributed by atoms with Gasteiger partial charge in [-0.05, 0) is 48.7 Å². The standard InChI is InChI=1S/C21H21FN6O3.H3O4P/c1-2-18(29)19-11-27(21(30)31-19)14-6-7-15(16(22)9-14)12-3-8-17(23-10-12)20-24-26-28(25-20)13-4-5-13;1-5(2,3)4/h3,6-10,13,18-19,29H,2,4-5,11H2,1H3;(H3,1,2,3,4). The summed E-state index contributed by atoms with van der Waals surface area (Å²) in [7, 11) is -4.64. The number of ether oxygens (including phenoxy) is 1. The summed E-state index contributed by atoms with van der Waals surface area (Å²) in [5.41, 5.74) is 1.89. The number of cyclic esters (lactones) is 1. The van der Waals surface area contributed by atoms with Crippen LogP contribution in [0.1, 0.15) is 32.2 Å². The lowest BCUT2D eigenvalue weighted by Crippen LogP contribution is -2.30. The minimum atomic E-state index is -4.64. The summed E-state index contributed by atoms with van der Waals surface area (Å²) >= 11 is 0. The molecule has 0 spiro atoms. The summed E-state index contributed by atoms with van der Waals surface area (Å²) < 4.78 is 28.9. The lowest BCUT2D eigenvalue weighted by Gasteiger charge is -2.16. The van der Waals surface area contributed by atoms with Gasteiger partial charge >= 0.3 is 13.9 Å². The molecule has 1 saturated heterocycles. The molecule has 3 heterocycles. The van der Waals surface area contributed by atoms with E-state index in [1.54, 1.807) is 42.2 Å². The zero-order valence-corrected chi connectivity index (χ0v) is 19.9. The number of halogens is 1. The van der Waals surface area contributed by atoms with Gasteiger partial charge in [0.15, 0.2) is 0 Å². The van der Waals surface area contributed by atoms with Crippen molar-refractivity contribution in [1.82, 2.24) is 25.2 Å². The highest BCUT2D eigenvalue weighted by molar-refractivity contribution is 7.45. The first-order chi connectivity index (χ1) is 17.0. The Morgan fingerprint density at radius 2 is 1.94 bits per heavy atom. The first kappa shape index (κ1) is 25.8. The predicted molar refractivity (Wildman–Crippen MR) is 123 cm³/mol. The van der Waals surface area contributed by atoms with E-state index in [1.165, 1.54) is 11.0 Å². The molecule has 3 aromatic rings. The van der Waals surface area contributed by atoms with Crippen molar-refractivity contribution in [3.8, 4) is 22.6 Å². The molecule has 2 atom stereocenters. The molecule has 1 aliphatic heterocycles. The number of aromatic nitrogens is 5. The van der Waals surface area contributed by atoms with E-state index in [0.717, 1.165) is 12.8 Å². The smallest absolute Gasteiger partial charge is 0.441 e. The number of pyridine rings is 1. The van der Waals surface area contributed by atoms with Crippen molar-refractivity contribution in [2.24, 2.45) is 0 Å². The highest BCUT2D eigenvalue weighted by Crippen LogP contribution is 2.33. The average molecular weight is 522 g/mol. The molecule has 1 aromatic carbocycles. The van der Waals surface area contributed by atoms with E-state index in [2.05, 4.69) is 20.4 Å². The van der Waals surface area contributed by atoms with E-state index in [9.17, 15) is 14.3 Å². The molecule has 192 valence electrons. The van der Waals surface area contributed by atoms with Crippen LogP contribution < -0.4 is 4.90 Å². The molecule has 1 saturated carbocycles. The van der Waals surface area contributed by atoms with Gasteiger partial charge in [0.05, 0.1) is 24.4 Å². The van der Waals surface area contributed by atoms with Crippen molar-refractivity contribution in [2.45, 2.75) is 44.4 Å². The number of benzene rings is 1. The molecule has 2 aromatic heterocycles. The number of hydrogen-bond acceptors (Lipinski definition) is 8. The van der Waals surface area contributed by atoms with Gasteiger partial charge < -0.3 is 24.5 Å². The van der Waals surface area contributed by atoms with Crippen molar-refractivity contribution in [3.63, 3.8) is 0 Å². The first-order valence-corrected chi connectivity index (χ1v) is 12.6. The number of anilines is 1. The molecule has 4 N–H and O–H groups in total. The molecule has 1 aliphatic carbocycles. The third kappa shape index (κ3) is 6.28. The largest absolute Gasteiger partial charge is 0.466 e. The molecule has 15 heteroatoms. The fraction of sp³-hybridized carbons (Fsp3) is 0.381. The molecule has 13 nitrogen and oxygen atoms in total. The lowest BCUT2D eigenvalue weighted by atomic mass is 10.1. The van der Waals surface area contributed by atoms with E-state index in [-0.39, 0.29) is 6.54 Å². The quantitative estimate of drug-likeness (QED) is 0.347. The van der Waals surface area contributed by atoms with Crippen molar-refractivity contribution in [3.05, 3.63) is 42.3 Å². The van der Waals surface area contributed by atoms with Crippen molar-refractivity contribution in [2.75, 3.05) is 11.4 Å². The minimum Gasteiger partial charge on any atom is -0.441 e. The van der Waals surface area contributed by atoms with Crippen LogP contribution in [0.4, 0.5) is 14.9 Å². The maximum Gasteiger partial charge on any atom is 0.466 e. The van der Waals surface area contributed by atoms with Gasteiger partial charge in [-0.15, -0.1) is 10.2 Å². The van der Waals surface area contributed by atoms with Gasteiger partial charge in [-0.2, -0.15) is 4.80 Å². The Morgan fingerprint density at radius 3 is 2.53 bits per heavy atom. The summed E-state index contributed by atoms with van der Waals surface area (Å²) in [6.07, 6.45) is 2.19. The molecule has 1 amide bonds. The number of aliphatic hydroxyl groups is 1. The molecule has 2 fully saturated rings. The number of nitrogens with zero attached hydrogens (tertiary/aromatic N) is 6. The van der Waals surface area contributed by atoms with Gasteiger partial charge in [-0.1, -0.05) is 13.0 Å². The molecule has 36 heavy (non-hydrogen) atoms. The van der Waals surface area contributed by atoms with Crippen molar-refractivity contribution in [1.29, 1.82) is 0 Å². The van der Waals surface area contributed by atoms with Gasteiger partial charge in [0.25, 0.3) is 0 Å². The van der Waals surface area contributed by atoms with Crippen LogP contribution in [-0.4, -0.2) is 69.8 Å². The number of amides is 1.